The Morgan fingerprint density at radius 2 is 1.97 bits per heavy atom. The van der Waals surface area contributed by atoms with Gasteiger partial charge in [-0.3, -0.25) is 9.78 Å². The Kier molecular flexibility index (Phi) is 4.81. The van der Waals surface area contributed by atoms with E-state index < -0.39 is 9.84 Å². The summed E-state index contributed by atoms with van der Waals surface area (Å²) >= 11 is 5.98. The van der Waals surface area contributed by atoms with E-state index in [9.17, 15) is 13.2 Å². The molecule has 0 saturated heterocycles. The van der Waals surface area contributed by atoms with Gasteiger partial charge in [0, 0.05) is 23.0 Å². The maximum atomic E-state index is 12.7. The summed E-state index contributed by atoms with van der Waals surface area (Å²) in [6.45, 7) is 0. The molecule has 9 heteroatoms. The van der Waals surface area contributed by atoms with Gasteiger partial charge in [0.2, 0.25) is 0 Å². The first-order chi connectivity index (χ1) is 13.8. The lowest BCUT2D eigenvalue weighted by atomic mass is 10.1. The Morgan fingerprint density at radius 1 is 1.14 bits per heavy atom. The molecule has 0 aliphatic rings. The van der Waals surface area contributed by atoms with Crippen molar-refractivity contribution in [1.82, 2.24) is 15.0 Å². The van der Waals surface area contributed by atoms with Crippen molar-refractivity contribution in [1.29, 1.82) is 0 Å². The molecule has 0 aliphatic carbocycles. The van der Waals surface area contributed by atoms with Gasteiger partial charge in [-0.2, -0.15) is 0 Å². The van der Waals surface area contributed by atoms with Gasteiger partial charge in [0.25, 0.3) is 5.91 Å². The number of anilines is 1. The number of fused-ring (bicyclic) bond motifs is 1. The van der Waals surface area contributed by atoms with Crippen molar-refractivity contribution in [2.75, 3.05) is 11.6 Å². The third-order valence-electron chi connectivity index (χ3n) is 4.27. The number of aromatic amines is 1. The second kappa shape index (κ2) is 7.31. The normalized spacial score (nSPS) is 11.5. The minimum Gasteiger partial charge on any atom is -0.338 e. The summed E-state index contributed by atoms with van der Waals surface area (Å²) in [5, 5.41) is 3.08. The number of pyridine rings is 1. The molecule has 0 unspecified atom stereocenters. The predicted molar refractivity (Wildman–Crippen MR) is 112 cm³/mol. The molecule has 7 nitrogen and oxygen atoms in total. The highest BCUT2D eigenvalue weighted by molar-refractivity contribution is 7.90. The molecule has 0 aliphatic heterocycles. The minimum absolute atomic E-state index is 0.0606. The van der Waals surface area contributed by atoms with Gasteiger partial charge in [0.05, 0.1) is 27.9 Å². The van der Waals surface area contributed by atoms with Gasteiger partial charge >= 0.3 is 0 Å². The fourth-order valence-electron chi connectivity index (χ4n) is 2.98. The number of aromatic nitrogens is 3. The number of hydrogen-bond donors (Lipinski definition) is 2. The highest BCUT2D eigenvalue weighted by atomic mass is 35.5. The van der Waals surface area contributed by atoms with E-state index in [0.717, 1.165) is 6.26 Å². The number of rotatable bonds is 4. The summed E-state index contributed by atoms with van der Waals surface area (Å²) in [4.78, 5) is 24.4. The number of imidazole rings is 1. The van der Waals surface area contributed by atoms with Crippen LogP contribution in [0.1, 0.15) is 10.4 Å². The molecular formula is C20H15ClN4O3S. The molecule has 0 radical (unpaired) electrons. The Labute approximate surface area is 171 Å². The molecular weight excluding hydrogens is 412 g/mol. The highest BCUT2D eigenvalue weighted by Gasteiger charge is 2.20. The van der Waals surface area contributed by atoms with E-state index in [4.69, 9.17) is 11.6 Å². The first-order valence-electron chi connectivity index (χ1n) is 8.53. The van der Waals surface area contributed by atoms with Crippen LogP contribution in [0.25, 0.3) is 22.4 Å². The summed E-state index contributed by atoms with van der Waals surface area (Å²) in [5.74, 6) is -0.0141. The molecule has 0 atom stereocenters. The van der Waals surface area contributed by atoms with Crippen molar-refractivity contribution in [3.8, 4) is 11.4 Å². The van der Waals surface area contributed by atoms with E-state index in [1.807, 2.05) is 0 Å². The number of sulfone groups is 1. The summed E-state index contributed by atoms with van der Waals surface area (Å²) in [5.41, 5.74) is 2.32. The second-order valence-corrected chi connectivity index (χ2v) is 8.82. The third kappa shape index (κ3) is 3.85. The smallest absolute Gasteiger partial charge is 0.257 e. The zero-order valence-corrected chi connectivity index (χ0v) is 16.8. The van der Waals surface area contributed by atoms with Crippen LogP contribution in [-0.4, -0.2) is 35.5 Å². The highest BCUT2D eigenvalue weighted by Crippen LogP contribution is 2.30. The first kappa shape index (κ1) is 19.1. The molecule has 0 fully saturated rings. The van der Waals surface area contributed by atoms with Crippen LogP contribution in [0.4, 0.5) is 5.69 Å². The average molecular weight is 427 g/mol. The van der Waals surface area contributed by atoms with Gasteiger partial charge in [-0.15, -0.1) is 0 Å². The van der Waals surface area contributed by atoms with Crippen LogP contribution >= 0.6 is 11.6 Å². The van der Waals surface area contributed by atoms with Crippen molar-refractivity contribution in [2.45, 2.75) is 4.90 Å². The molecule has 2 N–H and O–H groups in total. The molecule has 2 aromatic carbocycles. The molecule has 2 heterocycles. The zero-order chi connectivity index (χ0) is 20.6. The van der Waals surface area contributed by atoms with Gasteiger partial charge in [-0.25, -0.2) is 13.4 Å². The van der Waals surface area contributed by atoms with E-state index in [-0.39, 0.29) is 10.8 Å². The maximum Gasteiger partial charge on any atom is 0.257 e. The van der Waals surface area contributed by atoms with E-state index in [0.29, 0.717) is 38.7 Å². The van der Waals surface area contributed by atoms with Crippen molar-refractivity contribution < 1.29 is 13.2 Å². The topological polar surface area (TPSA) is 105 Å². The van der Waals surface area contributed by atoms with Crippen molar-refractivity contribution in [2.24, 2.45) is 0 Å². The monoisotopic (exact) mass is 426 g/mol. The molecule has 0 bridgehead atoms. The average Bonchev–Trinajstić information content (AvgIpc) is 3.12. The van der Waals surface area contributed by atoms with Crippen LogP contribution in [0.2, 0.25) is 5.02 Å². The Morgan fingerprint density at radius 3 is 2.69 bits per heavy atom. The van der Waals surface area contributed by atoms with Crippen LogP contribution in [-0.2, 0) is 9.84 Å². The van der Waals surface area contributed by atoms with E-state index in [1.165, 1.54) is 6.07 Å². The van der Waals surface area contributed by atoms with Gasteiger partial charge in [0.15, 0.2) is 9.84 Å². The number of carbonyl (C=O) groups excluding carboxylic acids is 1. The van der Waals surface area contributed by atoms with Crippen LogP contribution in [0.3, 0.4) is 0 Å². The number of carbonyl (C=O) groups is 1. The lowest BCUT2D eigenvalue weighted by Gasteiger charge is -2.06. The lowest BCUT2D eigenvalue weighted by molar-refractivity contribution is 0.102. The number of halogens is 1. The van der Waals surface area contributed by atoms with E-state index in [1.54, 1.807) is 54.9 Å². The minimum atomic E-state index is -3.54. The molecule has 1 amide bonds. The number of nitrogens with zero attached hydrogens (tertiary/aromatic N) is 2. The number of para-hydroxylation sites is 1. The van der Waals surface area contributed by atoms with E-state index >= 15 is 0 Å². The molecule has 0 spiro atoms. The second-order valence-electron chi connectivity index (χ2n) is 6.40. The lowest BCUT2D eigenvalue weighted by Crippen LogP contribution is -2.12. The fourth-order valence-corrected chi connectivity index (χ4v) is 4.12. The number of H-pyrrole nitrogens is 1. The maximum absolute atomic E-state index is 12.7. The predicted octanol–water partition coefficient (Wildman–Crippen LogP) is 3.93. The Hall–Kier alpha value is -3.23. The van der Waals surface area contributed by atoms with Crippen molar-refractivity contribution in [3.05, 3.63) is 71.5 Å². The largest absolute Gasteiger partial charge is 0.338 e. The van der Waals surface area contributed by atoms with Gasteiger partial charge in [-0.1, -0.05) is 17.7 Å². The summed E-state index contributed by atoms with van der Waals surface area (Å²) < 4.78 is 24.4. The summed E-state index contributed by atoms with van der Waals surface area (Å²) in [6.07, 6.45) is 4.26. The quantitative estimate of drug-likeness (QED) is 0.514. The van der Waals surface area contributed by atoms with E-state index in [2.05, 4.69) is 20.3 Å². The Balaban J connectivity index is 1.81. The summed E-state index contributed by atoms with van der Waals surface area (Å²) in [6, 6.07) is 13.2. The molecule has 4 rings (SSSR count). The van der Waals surface area contributed by atoms with Crippen molar-refractivity contribution in [3.63, 3.8) is 0 Å². The molecule has 0 saturated carbocycles. The van der Waals surface area contributed by atoms with Crippen LogP contribution in [0, 0.1) is 0 Å². The number of hydrogen-bond acceptors (Lipinski definition) is 5. The fraction of sp³-hybridized carbons (Fsp3) is 0.0500. The summed E-state index contributed by atoms with van der Waals surface area (Å²) in [7, 11) is -3.54. The standard InChI is InChI=1S/C20H15ClN4O3S/c1-29(27,28)17-10-12(21)7-8-14(17)19-24-16-6-2-5-15(18(16)25-19)20(26)23-13-4-3-9-22-11-13/h2-11H,1H3,(H,23,26)(H,24,25). The molecule has 2 aromatic heterocycles. The number of benzene rings is 2. The number of amides is 1. The van der Waals surface area contributed by atoms with Gasteiger partial charge in [-0.05, 0) is 42.5 Å². The van der Waals surface area contributed by atoms with Crippen LogP contribution < -0.4 is 5.32 Å². The van der Waals surface area contributed by atoms with Crippen molar-refractivity contribution >= 4 is 44.1 Å². The first-order valence-corrected chi connectivity index (χ1v) is 10.8. The molecule has 146 valence electrons. The third-order valence-corrected chi connectivity index (χ3v) is 5.65. The van der Waals surface area contributed by atoms with Gasteiger partial charge < -0.3 is 10.3 Å². The molecule has 4 aromatic rings. The zero-order valence-electron chi connectivity index (χ0n) is 15.2. The van der Waals surface area contributed by atoms with Crippen LogP contribution in [0.5, 0.6) is 0 Å². The Bertz CT molecular complexity index is 1330. The van der Waals surface area contributed by atoms with Gasteiger partial charge in [0.1, 0.15) is 11.3 Å². The number of nitrogens with one attached hydrogen (secondary N) is 2. The van der Waals surface area contributed by atoms with Crippen LogP contribution in [0.15, 0.2) is 65.8 Å². The SMILES string of the molecule is CS(=O)(=O)c1cc(Cl)ccc1-c1nc2c(C(=O)Nc3cccnc3)cccc2[nH]1. The molecule has 29 heavy (non-hydrogen) atoms.